The first-order chi connectivity index (χ1) is 13.5. The van der Waals surface area contributed by atoms with Gasteiger partial charge in [0.1, 0.15) is 10.9 Å². The predicted molar refractivity (Wildman–Crippen MR) is 108 cm³/mol. The van der Waals surface area contributed by atoms with Crippen molar-refractivity contribution in [1.29, 1.82) is 0 Å². The third-order valence-electron chi connectivity index (χ3n) is 5.40. The fraction of sp³-hybridized carbons (Fsp3) is 0.333. The minimum atomic E-state index is -3.70. The van der Waals surface area contributed by atoms with Gasteiger partial charge in [-0.1, -0.05) is 36.4 Å². The number of nitrogens with one attached hydrogen (secondary N) is 1. The van der Waals surface area contributed by atoms with Crippen LogP contribution in [0.15, 0.2) is 57.8 Å². The van der Waals surface area contributed by atoms with Crippen molar-refractivity contribution in [3.8, 4) is 0 Å². The summed E-state index contributed by atoms with van der Waals surface area (Å²) >= 11 is 0. The number of likely N-dealkylation sites (tertiary alicyclic amines) is 1. The molecule has 2 aromatic carbocycles. The molecule has 1 N–H and O–H groups in total. The Balaban J connectivity index is 1.57. The molecule has 0 bridgehead atoms. The van der Waals surface area contributed by atoms with Gasteiger partial charge in [0.15, 0.2) is 5.84 Å². The highest BCUT2D eigenvalue weighted by molar-refractivity contribution is 7.90. The highest BCUT2D eigenvalue weighted by Crippen LogP contribution is 2.30. The molecule has 2 heterocycles. The van der Waals surface area contributed by atoms with Gasteiger partial charge in [-0.3, -0.25) is 4.79 Å². The molecule has 4 rings (SSSR count). The fourth-order valence-electron chi connectivity index (χ4n) is 3.86. The molecule has 28 heavy (non-hydrogen) atoms. The molecule has 0 spiro atoms. The summed E-state index contributed by atoms with van der Waals surface area (Å²) in [4.78, 5) is 15.0. The number of amides is 1. The van der Waals surface area contributed by atoms with Gasteiger partial charge in [0.2, 0.25) is 5.91 Å². The first-order valence-electron chi connectivity index (χ1n) is 9.50. The average Bonchev–Trinajstić information content (AvgIpc) is 2.98. The zero-order valence-corrected chi connectivity index (χ0v) is 16.6. The van der Waals surface area contributed by atoms with Crippen LogP contribution >= 0.6 is 0 Å². The number of nitrogens with zero attached hydrogens (tertiary/aromatic N) is 2. The van der Waals surface area contributed by atoms with Crippen LogP contribution in [0.4, 0.5) is 0 Å². The molecule has 2 aliphatic heterocycles. The Morgan fingerprint density at radius 1 is 1.14 bits per heavy atom. The van der Waals surface area contributed by atoms with Crippen molar-refractivity contribution in [2.75, 3.05) is 6.54 Å². The van der Waals surface area contributed by atoms with Crippen molar-refractivity contribution >= 4 is 21.8 Å². The maximum Gasteiger partial charge on any atom is 0.285 e. The van der Waals surface area contributed by atoms with Crippen molar-refractivity contribution in [3.05, 3.63) is 65.2 Å². The number of benzene rings is 2. The Morgan fingerprint density at radius 2 is 1.89 bits per heavy atom. The number of sulfonamides is 1. The number of carbonyl (C=O) groups excluding carboxylic acids is 1. The summed E-state index contributed by atoms with van der Waals surface area (Å²) in [7, 11) is -3.70. The molecule has 0 saturated carbocycles. The van der Waals surface area contributed by atoms with Crippen LogP contribution in [0.25, 0.3) is 0 Å². The van der Waals surface area contributed by atoms with Crippen molar-refractivity contribution in [1.82, 2.24) is 10.2 Å². The van der Waals surface area contributed by atoms with Crippen molar-refractivity contribution < 1.29 is 13.2 Å². The molecule has 2 aliphatic rings. The molecular weight excluding hydrogens is 374 g/mol. The lowest BCUT2D eigenvalue weighted by Crippen LogP contribution is -2.51. The minimum absolute atomic E-state index is 0.0903. The Kier molecular flexibility index (Phi) is 4.93. The molecule has 7 heteroatoms. The van der Waals surface area contributed by atoms with Crippen LogP contribution in [0.2, 0.25) is 0 Å². The summed E-state index contributed by atoms with van der Waals surface area (Å²) in [5.41, 5.74) is 2.79. The number of amidine groups is 1. The molecule has 1 fully saturated rings. The summed E-state index contributed by atoms with van der Waals surface area (Å²) in [5, 5.41) is 3.02. The molecule has 6 nitrogen and oxygen atoms in total. The van der Waals surface area contributed by atoms with Gasteiger partial charge in [-0.05, 0) is 49.4 Å². The summed E-state index contributed by atoms with van der Waals surface area (Å²) in [6.45, 7) is 3.09. The maximum atomic E-state index is 13.0. The van der Waals surface area contributed by atoms with E-state index in [0.29, 0.717) is 30.9 Å². The van der Waals surface area contributed by atoms with E-state index >= 15 is 0 Å². The van der Waals surface area contributed by atoms with Crippen LogP contribution < -0.4 is 5.32 Å². The van der Waals surface area contributed by atoms with Gasteiger partial charge in [0.05, 0.1) is 0 Å². The molecule has 1 saturated heterocycles. The van der Waals surface area contributed by atoms with E-state index in [0.717, 1.165) is 24.0 Å². The summed E-state index contributed by atoms with van der Waals surface area (Å²) in [5.74, 6) is 0.304. The molecular formula is C21H23N3O3S. The number of carbonyl (C=O) groups is 1. The molecule has 0 unspecified atom stereocenters. The largest absolute Gasteiger partial charge is 0.350 e. The van der Waals surface area contributed by atoms with Gasteiger partial charge in [0, 0.05) is 18.7 Å². The van der Waals surface area contributed by atoms with E-state index < -0.39 is 16.1 Å². The van der Waals surface area contributed by atoms with Gasteiger partial charge in [0.25, 0.3) is 10.0 Å². The average molecular weight is 398 g/mol. The van der Waals surface area contributed by atoms with Crippen molar-refractivity contribution in [2.45, 2.75) is 43.7 Å². The number of aryl methyl sites for hydroxylation is 1. The van der Waals surface area contributed by atoms with E-state index in [1.54, 1.807) is 24.3 Å². The van der Waals surface area contributed by atoms with E-state index in [-0.39, 0.29) is 10.8 Å². The van der Waals surface area contributed by atoms with Crippen molar-refractivity contribution in [2.24, 2.45) is 4.40 Å². The monoisotopic (exact) mass is 397 g/mol. The first-order valence-corrected chi connectivity index (χ1v) is 10.9. The normalized spacial score (nSPS) is 20.4. The third kappa shape index (κ3) is 3.42. The summed E-state index contributed by atoms with van der Waals surface area (Å²) in [6, 6.07) is 14.3. The number of hydrogen-bond donors (Lipinski definition) is 1. The Morgan fingerprint density at radius 3 is 2.71 bits per heavy atom. The van der Waals surface area contributed by atoms with Crippen LogP contribution in [0.5, 0.6) is 0 Å². The van der Waals surface area contributed by atoms with Gasteiger partial charge < -0.3 is 10.2 Å². The van der Waals surface area contributed by atoms with E-state index in [9.17, 15) is 13.2 Å². The van der Waals surface area contributed by atoms with Crippen LogP contribution in [-0.2, 0) is 21.4 Å². The quantitative estimate of drug-likeness (QED) is 0.864. The second-order valence-electron chi connectivity index (χ2n) is 7.24. The van der Waals surface area contributed by atoms with Crippen molar-refractivity contribution in [3.63, 3.8) is 0 Å². The zero-order valence-electron chi connectivity index (χ0n) is 15.8. The molecule has 1 atom stereocenters. The number of piperidine rings is 1. The summed E-state index contributed by atoms with van der Waals surface area (Å²) in [6.07, 6.45) is 2.52. The smallest absolute Gasteiger partial charge is 0.285 e. The molecule has 0 aromatic heterocycles. The van der Waals surface area contributed by atoms with Crippen LogP contribution in [0.3, 0.4) is 0 Å². The van der Waals surface area contributed by atoms with Gasteiger partial charge >= 0.3 is 0 Å². The summed E-state index contributed by atoms with van der Waals surface area (Å²) < 4.78 is 28.8. The number of fused-ring (bicyclic) bond motifs is 1. The van der Waals surface area contributed by atoms with Gasteiger partial charge in [-0.2, -0.15) is 8.42 Å². The predicted octanol–water partition coefficient (Wildman–Crippen LogP) is 2.61. The Bertz CT molecular complexity index is 1050. The van der Waals surface area contributed by atoms with E-state index in [2.05, 4.69) is 9.71 Å². The Labute approximate surface area is 165 Å². The number of rotatable bonds is 3. The van der Waals surface area contributed by atoms with Crippen LogP contribution in [-0.4, -0.2) is 37.6 Å². The standard InChI is InChI=1S/C21H23N3O3S/c1-15-8-2-3-9-16(15)14-22-21(25)18-11-6-7-13-24(18)20-17-10-4-5-12-19(17)28(26,27)23-20/h2-5,8-10,12,18H,6-7,11,13-14H2,1H3,(H,22,25)/t18-/m1/s1. The number of hydrogen-bond acceptors (Lipinski definition) is 4. The molecule has 0 radical (unpaired) electrons. The second kappa shape index (κ2) is 7.39. The van der Waals surface area contributed by atoms with E-state index in [1.807, 2.05) is 36.1 Å². The highest BCUT2D eigenvalue weighted by atomic mass is 32.2. The van der Waals surface area contributed by atoms with E-state index in [1.165, 1.54) is 0 Å². The third-order valence-corrected chi connectivity index (χ3v) is 6.73. The molecule has 0 aliphatic carbocycles. The highest BCUT2D eigenvalue weighted by Gasteiger charge is 2.37. The minimum Gasteiger partial charge on any atom is -0.350 e. The maximum absolute atomic E-state index is 13.0. The van der Waals surface area contributed by atoms with E-state index in [4.69, 9.17) is 0 Å². The zero-order chi connectivity index (χ0) is 19.7. The topological polar surface area (TPSA) is 78.8 Å². The first kappa shape index (κ1) is 18.7. The van der Waals surface area contributed by atoms with Gasteiger partial charge in [-0.25, -0.2) is 0 Å². The second-order valence-corrected chi connectivity index (χ2v) is 8.81. The van der Waals surface area contributed by atoms with Crippen LogP contribution in [0, 0.1) is 6.92 Å². The lowest BCUT2D eigenvalue weighted by molar-refractivity contribution is -0.126. The Hall–Kier alpha value is -2.67. The lowest BCUT2D eigenvalue weighted by atomic mass is 9.99. The fourth-order valence-corrected chi connectivity index (χ4v) is 5.08. The van der Waals surface area contributed by atoms with Crippen LogP contribution in [0.1, 0.15) is 36.0 Å². The molecule has 1 amide bonds. The molecule has 146 valence electrons. The SMILES string of the molecule is Cc1ccccc1CNC(=O)[C@H]1CCCCN1C1=NS(=O)(=O)c2ccccc21. The lowest BCUT2D eigenvalue weighted by Gasteiger charge is -2.36. The van der Waals surface area contributed by atoms with Gasteiger partial charge in [-0.15, -0.1) is 4.40 Å². The molecule has 2 aromatic rings.